The third-order valence-electron chi connectivity index (χ3n) is 7.53. The lowest BCUT2D eigenvalue weighted by molar-refractivity contribution is -0.136. The zero-order valence-corrected chi connectivity index (χ0v) is 23.6. The number of sulfonamides is 1. The monoisotopic (exact) mass is 570 g/mol. The number of fused-ring (bicyclic) bond motifs is 1. The molecule has 0 bridgehead atoms. The quantitative estimate of drug-likeness (QED) is 0.222. The van der Waals surface area contributed by atoms with Gasteiger partial charge in [0.2, 0.25) is 21.8 Å². The SMILES string of the molecule is CC(=O)CCN(C(=O)[C@H](CC(=O)NCC1CCN(C(=N)N)CC1)NS(=O)(=O)c1ccc2ccccc2c1)C1CC1. The zero-order chi connectivity index (χ0) is 28.9. The second-order valence-corrected chi connectivity index (χ2v) is 12.4. The molecule has 5 N–H and O–H groups in total. The van der Waals surface area contributed by atoms with Crippen LogP contribution in [0.3, 0.4) is 0 Å². The van der Waals surface area contributed by atoms with Gasteiger partial charge in [-0.05, 0) is 61.4 Å². The molecule has 4 rings (SSSR count). The van der Waals surface area contributed by atoms with Gasteiger partial charge in [0.05, 0.1) is 11.3 Å². The van der Waals surface area contributed by atoms with E-state index in [2.05, 4.69) is 10.0 Å². The van der Waals surface area contributed by atoms with Gasteiger partial charge in [-0.15, -0.1) is 0 Å². The van der Waals surface area contributed by atoms with Crippen LogP contribution in [0.2, 0.25) is 0 Å². The van der Waals surface area contributed by atoms with E-state index in [-0.39, 0.29) is 48.0 Å². The molecule has 2 aliphatic rings. The fourth-order valence-electron chi connectivity index (χ4n) is 5.00. The molecule has 0 unspecified atom stereocenters. The largest absolute Gasteiger partial charge is 0.370 e. The van der Waals surface area contributed by atoms with Gasteiger partial charge in [0.15, 0.2) is 5.96 Å². The van der Waals surface area contributed by atoms with E-state index in [4.69, 9.17) is 11.1 Å². The highest BCUT2D eigenvalue weighted by molar-refractivity contribution is 7.89. The average Bonchev–Trinajstić information content (AvgIpc) is 3.76. The number of rotatable bonds is 12. The van der Waals surface area contributed by atoms with Gasteiger partial charge < -0.3 is 20.9 Å². The Labute approximate surface area is 235 Å². The van der Waals surface area contributed by atoms with Crippen LogP contribution in [0.15, 0.2) is 47.4 Å². The van der Waals surface area contributed by atoms with Crippen molar-refractivity contribution in [3.05, 3.63) is 42.5 Å². The van der Waals surface area contributed by atoms with Gasteiger partial charge in [-0.2, -0.15) is 4.72 Å². The van der Waals surface area contributed by atoms with Gasteiger partial charge in [-0.25, -0.2) is 8.42 Å². The van der Waals surface area contributed by atoms with Crippen molar-refractivity contribution < 1.29 is 22.8 Å². The molecule has 2 fully saturated rings. The standard InChI is InChI=1S/C28H38N6O5S/c1-19(35)10-15-34(23-7-8-23)27(37)25(17-26(36)31-18-20-11-13-33(14-12-20)28(29)30)32-40(38,39)24-9-6-21-4-2-3-5-22(21)16-24/h2-6,9,16,20,23,25,32H,7-8,10-15,17-18H2,1H3,(H3,29,30)(H,31,36)/t25-/m0/s1. The summed E-state index contributed by atoms with van der Waals surface area (Å²) in [5.41, 5.74) is 5.55. The Balaban J connectivity index is 1.48. The van der Waals surface area contributed by atoms with Crippen molar-refractivity contribution in [1.82, 2.24) is 19.8 Å². The predicted molar refractivity (Wildman–Crippen MR) is 152 cm³/mol. The first-order chi connectivity index (χ1) is 19.0. The van der Waals surface area contributed by atoms with E-state index in [9.17, 15) is 22.8 Å². The number of hydrogen-bond donors (Lipinski definition) is 4. The molecule has 1 aliphatic carbocycles. The Morgan fingerprint density at radius 2 is 1.75 bits per heavy atom. The molecule has 2 amide bonds. The summed E-state index contributed by atoms with van der Waals surface area (Å²) in [6, 6.07) is 10.7. The zero-order valence-electron chi connectivity index (χ0n) is 22.8. The maximum Gasteiger partial charge on any atom is 0.241 e. The highest BCUT2D eigenvalue weighted by Crippen LogP contribution is 2.28. The smallest absolute Gasteiger partial charge is 0.241 e. The molecule has 1 aliphatic heterocycles. The highest BCUT2D eigenvalue weighted by atomic mass is 32.2. The number of nitrogens with zero attached hydrogens (tertiary/aromatic N) is 2. The Morgan fingerprint density at radius 1 is 1.07 bits per heavy atom. The predicted octanol–water partition coefficient (Wildman–Crippen LogP) is 1.57. The summed E-state index contributed by atoms with van der Waals surface area (Å²) in [6.07, 6.45) is 2.88. The van der Waals surface area contributed by atoms with E-state index in [1.807, 2.05) is 24.3 Å². The Bertz CT molecular complexity index is 1370. The van der Waals surface area contributed by atoms with Crippen molar-refractivity contribution in [2.75, 3.05) is 26.2 Å². The van der Waals surface area contributed by atoms with E-state index in [0.29, 0.717) is 19.6 Å². The number of piperidine rings is 1. The molecule has 2 aromatic carbocycles. The number of hydrogen-bond acceptors (Lipinski definition) is 6. The Hall–Kier alpha value is -3.51. The van der Waals surface area contributed by atoms with E-state index in [0.717, 1.165) is 36.5 Å². The van der Waals surface area contributed by atoms with Crippen molar-refractivity contribution in [2.24, 2.45) is 11.7 Å². The van der Waals surface area contributed by atoms with E-state index in [1.165, 1.54) is 13.0 Å². The summed E-state index contributed by atoms with van der Waals surface area (Å²) in [5.74, 6) is -0.775. The molecule has 0 radical (unpaired) electrons. The number of nitrogens with one attached hydrogen (secondary N) is 3. The fraction of sp³-hybridized carbons (Fsp3) is 0.500. The van der Waals surface area contributed by atoms with Crippen LogP contribution in [0, 0.1) is 11.3 Å². The summed E-state index contributed by atoms with van der Waals surface area (Å²) in [5, 5.41) is 12.0. The van der Waals surface area contributed by atoms with E-state index < -0.39 is 27.9 Å². The van der Waals surface area contributed by atoms with Crippen LogP contribution in [0.5, 0.6) is 0 Å². The van der Waals surface area contributed by atoms with Crippen LogP contribution in [0.4, 0.5) is 0 Å². The number of benzene rings is 2. The topological polar surface area (TPSA) is 166 Å². The Kier molecular flexibility index (Phi) is 9.41. The highest BCUT2D eigenvalue weighted by Gasteiger charge is 2.38. The lowest BCUT2D eigenvalue weighted by atomic mass is 9.97. The third-order valence-corrected chi connectivity index (χ3v) is 9.00. The molecule has 2 aromatic rings. The first kappa shape index (κ1) is 29.5. The van der Waals surface area contributed by atoms with Crippen molar-refractivity contribution >= 4 is 44.4 Å². The van der Waals surface area contributed by atoms with Crippen molar-refractivity contribution in [1.29, 1.82) is 5.41 Å². The van der Waals surface area contributed by atoms with Crippen LogP contribution in [0.25, 0.3) is 10.8 Å². The molecular weight excluding hydrogens is 532 g/mol. The molecule has 216 valence electrons. The van der Waals surface area contributed by atoms with Crippen LogP contribution < -0.4 is 15.8 Å². The summed E-state index contributed by atoms with van der Waals surface area (Å²) in [4.78, 5) is 41.6. The third kappa shape index (κ3) is 7.79. The minimum absolute atomic E-state index is 0.00310. The van der Waals surface area contributed by atoms with Crippen LogP contribution >= 0.6 is 0 Å². The number of nitrogens with two attached hydrogens (primary N) is 1. The molecule has 11 nitrogen and oxygen atoms in total. The van der Waals surface area contributed by atoms with Crippen molar-refractivity contribution in [3.8, 4) is 0 Å². The van der Waals surface area contributed by atoms with Crippen LogP contribution in [-0.2, 0) is 24.4 Å². The Morgan fingerprint density at radius 3 is 2.38 bits per heavy atom. The summed E-state index contributed by atoms with van der Waals surface area (Å²) >= 11 is 0. The number of Topliss-reactive ketones (excluding diaryl/α,β-unsaturated/α-hetero) is 1. The summed E-state index contributed by atoms with van der Waals surface area (Å²) in [7, 11) is -4.14. The van der Waals surface area contributed by atoms with E-state index >= 15 is 0 Å². The van der Waals surface area contributed by atoms with Crippen LogP contribution in [-0.4, -0.2) is 80.0 Å². The van der Waals surface area contributed by atoms with E-state index in [1.54, 1.807) is 21.9 Å². The van der Waals surface area contributed by atoms with Gasteiger partial charge in [0.1, 0.15) is 11.8 Å². The number of amides is 2. The maximum absolute atomic E-state index is 13.7. The van der Waals surface area contributed by atoms with Gasteiger partial charge in [0, 0.05) is 38.6 Å². The molecule has 0 spiro atoms. The molecule has 12 heteroatoms. The maximum atomic E-state index is 13.7. The van der Waals surface area contributed by atoms with Crippen molar-refractivity contribution in [3.63, 3.8) is 0 Å². The molecule has 0 aromatic heterocycles. The normalized spacial score (nSPS) is 16.9. The molecule has 40 heavy (non-hydrogen) atoms. The lowest BCUT2D eigenvalue weighted by Gasteiger charge is -2.32. The number of carbonyl (C=O) groups is 3. The number of guanidine groups is 1. The van der Waals surface area contributed by atoms with Crippen molar-refractivity contribution in [2.45, 2.75) is 62.4 Å². The fourth-order valence-corrected chi connectivity index (χ4v) is 6.22. The average molecular weight is 571 g/mol. The molecule has 1 saturated carbocycles. The number of carbonyl (C=O) groups excluding carboxylic acids is 3. The minimum Gasteiger partial charge on any atom is -0.370 e. The second-order valence-electron chi connectivity index (χ2n) is 10.7. The number of likely N-dealkylation sites (tertiary alicyclic amines) is 1. The molecule has 1 heterocycles. The summed E-state index contributed by atoms with van der Waals surface area (Å²) < 4.78 is 29.4. The summed E-state index contributed by atoms with van der Waals surface area (Å²) in [6.45, 7) is 3.29. The molecule has 1 saturated heterocycles. The second kappa shape index (κ2) is 12.8. The number of ketones is 1. The van der Waals surface area contributed by atoms with Gasteiger partial charge >= 0.3 is 0 Å². The molecular formula is C28H38N6O5S. The van der Waals surface area contributed by atoms with Gasteiger partial charge in [-0.3, -0.25) is 19.8 Å². The lowest BCUT2D eigenvalue weighted by Crippen LogP contribution is -2.52. The first-order valence-electron chi connectivity index (χ1n) is 13.7. The first-order valence-corrected chi connectivity index (χ1v) is 15.2. The molecule has 1 atom stereocenters. The van der Waals surface area contributed by atoms with Gasteiger partial charge in [0.25, 0.3) is 0 Å². The van der Waals surface area contributed by atoms with Gasteiger partial charge in [-0.1, -0.05) is 30.3 Å². The van der Waals surface area contributed by atoms with Crippen LogP contribution in [0.1, 0.15) is 45.4 Å². The minimum atomic E-state index is -4.14.